The Morgan fingerprint density at radius 1 is 1.04 bits per heavy atom. The summed E-state index contributed by atoms with van der Waals surface area (Å²) in [5.74, 6) is 1.12. The smallest absolute Gasteiger partial charge is 0.366 e. The predicted octanol–water partition coefficient (Wildman–Crippen LogP) is 3.71. The lowest BCUT2D eigenvalue weighted by Gasteiger charge is -2.17. The van der Waals surface area contributed by atoms with Gasteiger partial charge in [-0.25, -0.2) is 9.97 Å². The summed E-state index contributed by atoms with van der Waals surface area (Å²) in [5, 5.41) is 2.93. The monoisotopic (exact) mass is 322 g/mol. The molecule has 0 bridgehead atoms. The molecule has 2 aromatic rings. The van der Waals surface area contributed by atoms with E-state index in [2.05, 4.69) is 20.2 Å². The van der Waals surface area contributed by atoms with Crippen molar-refractivity contribution in [2.75, 3.05) is 23.3 Å². The highest BCUT2D eigenvalue weighted by molar-refractivity contribution is 5.44. The Hall–Kier alpha value is -2.31. The highest BCUT2D eigenvalue weighted by Gasteiger charge is 2.30. The molecule has 0 saturated carbocycles. The van der Waals surface area contributed by atoms with Crippen molar-refractivity contribution in [1.29, 1.82) is 0 Å². The van der Waals surface area contributed by atoms with Gasteiger partial charge in [-0.05, 0) is 42.7 Å². The van der Waals surface area contributed by atoms with E-state index in [1.165, 1.54) is 0 Å². The molecule has 122 valence electrons. The van der Waals surface area contributed by atoms with Gasteiger partial charge in [-0.2, -0.15) is 13.2 Å². The summed E-state index contributed by atoms with van der Waals surface area (Å²) in [6.45, 7) is 2.40. The van der Waals surface area contributed by atoms with Gasteiger partial charge in [0.1, 0.15) is 11.6 Å². The third-order valence-electron chi connectivity index (χ3n) is 3.80. The molecule has 23 heavy (non-hydrogen) atoms. The molecule has 0 aliphatic carbocycles. The van der Waals surface area contributed by atoms with Crippen molar-refractivity contribution in [1.82, 2.24) is 9.97 Å². The van der Waals surface area contributed by atoms with Crippen LogP contribution in [0.4, 0.5) is 24.8 Å². The van der Waals surface area contributed by atoms with E-state index in [4.69, 9.17) is 0 Å². The average Bonchev–Trinajstić information content (AvgIpc) is 3.07. The lowest BCUT2D eigenvalue weighted by atomic mass is 10.2. The number of aromatic nitrogens is 2. The quantitative estimate of drug-likeness (QED) is 0.932. The Bertz CT molecular complexity index is 666. The van der Waals surface area contributed by atoms with Crippen molar-refractivity contribution in [2.45, 2.75) is 25.6 Å². The van der Waals surface area contributed by atoms with Gasteiger partial charge in [-0.3, -0.25) is 0 Å². The minimum absolute atomic E-state index is 0.208. The van der Waals surface area contributed by atoms with Crippen LogP contribution >= 0.6 is 0 Å². The van der Waals surface area contributed by atoms with Gasteiger partial charge in [0.2, 0.25) is 0 Å². The molecule has 0 radical (unpaired) electrons. The first kappa shape index (κ1) is 15.6. The van der Waals surface area contributed by atoms with Crippen molar-refractivity contribution in [3.63, 3.8) is 0 Å². The minimum Gasteiger partial charge on any atom is -0.366 e. The van der Waals surface area contributed by atoms with Gasteiger partial charge in [0.05, 0.1) is 5.56 Å². The van der Waals surface area contributed by atoms with Crippen molar-refractivity contribution < 1.29 is 13.2 Å². The van der Waals surface area contributed by atoms with Crippen LogP contribution in [-0.2, 0) is 12.7 Å². The number of anilines is 2. The molecule has 3 rings (SSSR count). The van der Waals surface area contributed by atoms with Crippen LogP contribution in [0, 0.1) is 0 Å². The van der Waals surface area contributed by atoms with Crippen molar-refractivity contribution in [3.05, 3.63) is 47.8 Å². The number of hydrogen-bond donors (Lipinski definition) is 1. The van der Waals surface area contributed by atoms with Crippen LogP contribution < -0.4 is 10.2 Å². The maximum absolute atomic E-state index is 12.7. The second kappa shape index (κ2) is 6.44. The zero-order valence-electron chi connectivity index (χ0n) is 12.5. The SMILES string of the molecule is FC(F)(F)c1ccnc(NCc2ccnc(N3CCCC3)c2)c1. The van der Waals surface area contributed by atoms with Crippen LogP contribution in [0.3, 0.4) is 0 Å². The highest BCUT2D eigenvalue weighted by Crippen LogP contribution is 2.30. The van der Waals surface area contributed by atoms with E-state index in [9.17, 15) is 13.2 Å². The first-order chi connectivity index (χ1) is 11.0. The van der Waals surface area contributed by atoms with Gasteiger partial charge in [-0.15, -0.1) is 0 Å². The zero-order valence-corrected chi connectivity index (χ0v) is 12.5. The summed E-state index contributed by atoms with van der Waals surface area (Å²) in [6, 6.07) is 5.79. The van der Waals surface area contributed by atoms with Crippen molar-refractivity contribution in [2.24, 2.45) is 0 Å². The number of rotatable bonds is 4. The Morgan fingerprint density at radius 2 is 1.78 bits per heavy atom. The molecule has 0 atom stereocenters. The summed E-state index contributed by atoms with van der Waals surface area (Å²) in [7, 11) is 0. The van der Waals surface area contributed by atoms with Gasteiger partial charge in [0, 0.05) is 32.0 Å². The molecule has 1 aliphatic heterocycles. The second-order valence-electron chi connectivity index (χ2n) is 5.50. The van der Waals surface area contributed by atoms with E-state index in [-0.39, 0.29) is 5.82 Å². The van der Waals surface area contributed by atoms with Crippen LogP contribution in [0.15, 0.2) is 36.7 Å². The molecular weight excluding hydrogens is 305 g/mol. The van der Waals surface area contributed by atoms with Gasteiger partial charge in [-0.1, -0.05) is 0 Å². The molecule has 0 aromatic carbocycles. The second-order valence-corrected chi connectivity index (χ2v) is 5.50. The third-order valence-corrected chi connectivity index (χ3v) is 3.80. The molecular formula is C16H17F3N4. The first-order valence-electron chi connectivity index (χ1n) is 7.49. The summed E-state index contributed by atoms with van der Waals surface area (Å²) < 4.78 is 38.1. The number of alkyl halides is 3. The number of nitrogens with one attached hydrogen (secondary N) is 1. The molecule has 0 spiro atoms. The average molecular weight is 322 g/mol. The Kier molecular flexibility index (Phi) is 4.36. The minimum atomic E-state index is -4.36. The third kappa shape index (κ3) is 3.91. The molecule has 3 heterocycles. The number of nitrogens with zero attached hydrogens (tertiary/aromatic N) is 3. The van der Waals surface area contributed by atoms with E-state index < -0.39 is 11.7 Å². The van der Waals surface area contributed by atoms with E-state index in [1.54, 1.807) is 6.20 Å². The fraction of sp³-hybridized carbons (Fsp3) is 0.375. The topological polar surface area (TPSA) is 41.1 Å². The van der Waals surface area contributed by atoms with E-state index in [0.29, 0.717) is 6.54 Å². The molecule has 0 amide bonds. The fourth-order valence-electron chi connectivity index (χ4n) is 2.59. The molecule has 7 heteroatoms. The Labute approximate surface area is 132 Å². The summed E-state index contributed by atoms with van der Waals surface area (Å²) in [4.78, 5) is 10.5. The molecule has 1 fully saturated rings. The largest absolute Gasteiger partial charge is 0.416 e. The van der Waals surface area contributed by atoms with E-state index in [1.807, 2.05) is 12.1 Å². The molecule has 4 nitrogen and oxygen atoms in total. The fourth-order valence-corrected chi connectivity index (χ4v) is 2.59. The lowest BCUT2D eigenvalue weighted by molar-refractivity contribution is -0.137. The van der Waals surface area contributed by atoms with Gasteiger partial charge in [0.25, 0.3) is 0 Å². The van der Waals surface area contributed by atoms with Crippen LogP contribution in [0.5, 0.6) is 0 Å². The van der Waals surface area contributed by atoms with Gasteiger partial charge in [0.15, 0.2) is 0 Å². The predicted molar refractivity (Wildman–Crippen MR) is 82.2 cm³/mol. The number of hydrogen-bond acceptors (Lipinski definition) is 4. The molecule has 1 N–H and O–H groups in total. The first-order valence-corrected chi connectivity index (χ1v) is 7.49. The number of pyridine rings is 2. The van der Waals surface area contributed by atoms with Crippen LogP contribution in [0.25, 0.3) is 0 Å². The molecule has 1 saturated heterocycles. The maximum atomic E-state index is 12.7. The standard InChI is InChI=1S/C16H17F3N4/c17-16(18,19)13-4-6-20-14(10-13)22-11-12-3-5-21-15(9-12)23-7-1-2-8-23/h3-6,9-10H,1-2,7-8,11H2,(H,20,22). The van der Waals surface area contributed by atoms with E-state index >= 15 is 0 Å². The van der Waals surface area contributed by atoms with Crippen LogP contribution in [0.1, 0.15) is 24.0 Å². The zero-order chi connectivity index (χ0) is 16.3. The number of halogens is 3. The summed E-state index contributed by atoms with van der Waals surface area (Å²) in [6.07, 6.45) is 0.854. The molecule has 0 unspecified atom stereocenters. The molecule has 1 aliphatic rings. The summed E-state index contributed by atoms with van der Waals surface area (Å²) >= 11 is 0. The Morgan fingerprint density at radius 3 is 2.52 bits per heavy atom. The van der Waals surface area contributed by atoms with Gasteiger partial charge < -0.3 is 10.2 Å². The van der Waals surface area contributed by atoms with Crippen LogP contribution in [0.2, 0.25) is 0 Å². The van der Waals surface area contributed by atoms with Crippen LogP contribution in [-0.4, -0.2) is 23.1 Å². The van der Waals surface area contributed by atoms with Crippen molar-refractivity contribution >= 4 is 11.6 Å². The summed E-state index contributed by atoms with van der Waals surface area (Å²) in [5.41, 5.74) is 0.253. The lowest BCUT2D eigenvalue weighted by Crippen LogP contribution is -2.19. The van der Waals surface area contributed by atoms with Gasteiger partial charge >= 0.3 is 6.18 Å². The van der Waals surface area contributed by atoms with E-state index in [0.717, 1.165) is 55.6 Å². The highest BCUT2D eigenvalue weighted by atomic mass is 19.4. The normalized spacial score (nSPS) is 15.0. The maximum Gasteiger partial charge on any atom is 0.416 e. The Balaban J connectivity index is 1.67. The van der Waals surface area contributed by atoms with Crippen molar-refractivity contribution in [3.8, 4) is 0 Å². The molecule has 2 aromatic heterocycles.